The molecule has 0 heterocycles. The molecule has 0 bridgehead atoms. The van der Waals surface area contributed by atoms with Crippen molar-refractivity contribution in [2.75, 3.05) is 17.7 Å². The van der Waals surface area contributed by atoms with Gasteiger partial charge in [0.2, 0.25) is 5.91 Å². The van der Waals surface area contributed by atoms with Crippen molar-refractivity contribution in [3.8, 4) is 5.75 Å². The molecule has 3 rings (SSSR count). The molecule has 0 fully saturated rings. The van der Waals surface area contributed by atoms with Crippen LogP contribution >= 0.6 is 11.6 Å². The van der Waals surface area contributed by atoms with E-state index in [1.54, 1.807) is 55.6 Å². The number of hydrogen-bond acceptors (Lipinski definition) is 3. The first kappa shape index (κ1) is 20.4. The standard InChI is InChI=1S/C23H21ClN2O3/c1-29-21-12-10-16(14-20(21)24)11-13-22(27)25-18-8-5-9-19(15-18)26-23(28)17-6-3-2-4-7-17/h2-10,12,14-15H,11,13H2,1H3,(H,25,27)(H,26,28). The Kier molecular flexibility index (Phi) is 6.87. The van der Waals surface area contributed by atoms with Gasteiger partial charge in [0, 0.05) is 23.4 Å². The van der Waals surface area contributed by atoms with Crippen LogP contribution in [0.2, 0.25) is 5.02 Å². The Hall–Kier alpha value is -3.31. The van der Waals surface area contributed by atoms with E-state index < -0.39 is 0 Å². The van der Waals surface area contributed by atoms with Crippen molar-refractivity contribution in [1.29, 1.82) is 0 Å². The number of aryl methyl sites for hydroxylation is 1. The average Bonchev–Trinajstić information content (AvgIpc) is 2.73. The Bertz CT molecular complexity index is 1010. The second kappa shape index (κ2) is 9.75. The Morgan fingerprint density at radius 1 is 0.897 bits per heavy atom. The summed E-state index contributed by atoms with van der Waals surface area (Å²) in [5, 5.41) is 6.21. The largest absolute Gasteiger partial charge is 0.495 e. The third-order valence-corrected chi connectivity index (χ3v) is 4.59. The van der Waals surface area contributed by atoms with Crippen LogP contribution in [0.4, 0.5) is 11.4 Å². The van der Waals surface area contributed by atoms with Gasteiger partial charge in [0.1, 0.15) is 5.75 Å². The molecule has 6 heteroatoms. The first-order chi connectivity index (χ1) is 14.0. The van der Waals surface area contributed by atoms with E-state index in [1.165, 1.54) is 0 Å². The molecule has 0 aliphatic rings. The monoisotopic (exact) mass is 408 g/mol. The quantitative estimate of drug-likeness (QED) is 0.566. The number of nitrogens with one attached hydrogen (secondary N) is 2. The van der Waals surface area contributed by atoms with Gasteiger partial charge in [0.05, 0.1) is 12.1 Å². The minimum absolute atomic E-state index is 0.122. The molecule has 0 radical (unpaired) electrons. The molecule has 2 N–H and O–H groups in total. The third-order valence-electron chi connectivity index (χ3n) is 4.30. The van der Waals surface area contributed by atoms with Crippen LogP contribution in [0, 0.1) is 0 Å². The van der Waals surface area contributed by atoms with E-state index in [1.807, 2.05) is 24.3 Å². The minimum atomic E-state index is -0.203. The summed E-state index contributed by atoms with van der Waals surface area (Å²) in [5.41, 5.74) is 2.75. The molecule has 0 atom stereocenters. The Morgan fingerprint density at radius 2 is 1.62 bits per heavy atom. The lowest BCUT2D eigenvalue weighted by molar-refractivity contribution is -0.116. The summed E-state index contributed by atoms with van der Waals surface area (Å²) in [6.07, 6.45) is 0.864. The minimum Gasteiger partial charge on any atom is -0.495 e. The van der Waals surface area contributed by atoms with Gasteiger partial charge < -0.3 is 15.4 Å². The zero-order chi connectivity index (χ0) is 20.6. The smallest absolute Gasteiger partial charge is 0.255 e. The van der Waals surface area contributed by atoms with Crippen LogP contribution in [0.1, 0.15) is 22.3 Å². The molecule has 0 aromatic heterocycles. The van der Waals surface area contributed by atoms with E-state index in [4.69, 9.17) is 16.3 Å². The maximum Gasteiger partial charge on any atom is 0.255 e. The van der Waals surface area contributed by atoms with Crippen LogP contribution in [-0.4, -0.2) is 18.9 Å². The van der Waals surface area contributed by atoms with E-state index in [0.29, 0.717) is 40.6 Å². The van der Waals surface area contributed by atoms with Gasteiger partial charge in [-0.3, -0.25) is 9.59 Å². The van der Waals surface area contributed by atoms with Gasteiger partial charge in [-0.25, -0.2) is 0 Å². The highest BCUT2D eigenvalue weighted by atomic mass is 35.5. The molecule has 0 spiro atoms. The van der Waals surface area contributed by atoms with Crippen molar-refractivity contribution in [3.63, 3.8) is 0 Å². The van der Waals surface area contributed by atoms with E-state index in [-0.39, 0.29) is 11.8 Å². The molecular formula is C23H21ClN2O3. The molecular weight excluding hydrogens is 388 g/mol. The molecule has 148 valence electrons. The molecule has 5 nitrogen and oxygen atoms in total. The summed E-state index contributed by atoms with van der Waals surface area (Å²) < 4.78 is 5.13. The molecule has 0 unspecified atom stereocenters. The highest BCUT2D eigenvalue weighted by molar-refractivity contribution is 6.32. The molecule has 3 aromatic carbocycles. The number of hydrogen-bond donors (Lipinski definition) is 2. The summed E-state index contributed by atoms with van der Waals surface area (Å²) in [6, 6.07) is 21.5. The van der Waals surface area contributed by atoms with Gasteiger partial charge in [0.15, 0.2) is 0 Å². The van der Waals surface area contributed by atoms with Crippen molar-refractivity contribution in [3.05, 3.63) is 88.9 Å². The Morgan fingerprint density at radius 3 is 2.31 bits per heavy atom. The normalized spacial score (nSPS) is 10.3. The topological polar surface area (TPSA) is 67.4 Å². The van der Waals surface area contributed by atoms with Crippen molar-refractivity contribution in [2.45, 2.75) is 12.8 Å². The predicted molar refractivity (Wildman–Crippen MR) is 116 cm³/mol. The zero-order valence-corrected chi connectivity index (χ0v) is 16.7. The number of amides is 2. The molecule has 29 heavy (non-hydrogen) atoms. The maximum absolute atomic E-state index is 12.3. The lowest BCUT2D eigenvalue weighted by Gasteiger charge is -2.10. The van der Waals surface area contributed by atoms with Crippen molar-refractivity contribution >= 4 is 34.8 Å². The van der Waals surface area contributed by atoms with E-state index in [0.717, 1.165) is 5.56 Å². The Labute approximate surface area is 174 Å². The second-order valence-corrected chi connectivity index (χ2v) is 6.83. The number of ether oxygens (including phenoxy) is 1. The van der Waals surface area contributed by atoms with Gasteiger partial charge in [-0.05, 0) is 54.4 Å². The molecule has 0 saturated carbocycles. The molecule has 3 aromatic rings. The number of carbonyl (C=O) groups excluding carboxylic acids is 2. The fourth-order valence-corrected chi connectivity index (χ4v) is 3.09. The van der Waals surface area contributed by atoms with Gasteiger partial charge in [-0.2, -0.15) is 0 Å². The van der Waals surface area contributed by atoms with Crippen LogP contribution in [-0.2, 0) is 11.2 Å². The van der Waals surface area contributed by atoms with E-state index >= 15 is 0 Å². The fraction of sp³-hybridized carbons (Fsp3) is 0.130. The number of carbonyl (C=O) groups is 2. The summed E-state index contributed by atoms with van der Waals surface area (Å²) in [5.74, 6) is 0.281. The highest BCUT2D eigenvalue weighted by Crippen LogP contribution is 2.25. The van der Waals surface area contributed by atoms with Crippen molar-refractivity contribution in [1.82, 2.24) is 0 Å². The van der Waals surface area contributed by atoms with Gasteiger partial charge >= 0.3 is 0 Å². The number of halogens is 1. The Balaban J connectivity index is 1.56. The first-order valence-electron chi connectivity index (χ1n) is 9.14. The number of anilines is 2. The number of methoxy groups -OCH3 is 1. The fourth-order valence-electron chi connectivity index (χ4n) is 2.81. The van der Waals surface area contributed by atoms with Crippen molar-refractivity contribution < 1.29 is 14.3 Å². The highest BCUT2D eigenvalue weighted by Gasteiger charge is 2.08. The lowest BCUT2D eigenvalue weighted by Crippen LogP contribution is -2.14. The van der Waals surface area contributed by atoms with Gasteiger partial charge in [-0.1, -0.05) is 41.9 Å². The first-order valence-corrected chi connectivity index (χ1v) is 9.51. The third kappa shape index (κ3) is 5.83. The zero-order valence-electron chi connectivity index (χ0n) is 15.9. The molecule has 2 amide bonds. The molecule has 0 aliphatic heterocycles. The second-order valence-electron chi connectivity index (χ2n) is 6.42. The summed E-state index contributed by atoms with van der Waals surface area (Å²) in [6.45, 7) is 0. The van der Waals surface area contributed by atoms with E-state index in [9.17, 15) is 9.59 Å². The maximum atomic E-state index is 12.3. The SMILES string of the molecule is COc1ccc(CCC(=O)Nc2cccc(NC(=O)c3ccccc3)c2)cc1Cl. The van der Waals surface area contributed by atoms with Gasteiger partial charge in [0.25, 0.3) is 5.91 Å². The predicted octanol–water partition coefficient (Wildman–Crippen LogP) is 5.17. The van der Waals surface area contributed by atoms with Crippen LogP contribution in [0.5, 0.6) is 5.75 Å². The lowest BCUT2D eigenvalue weighted by atomic mass is 10.1. The van der Waals surface area contributed by atoms with Crippen LogP contribution in [0.15, 0.2) is 72.8 Å². The summed E-state index contributed by atoms with van der Waals surface area (Å²) in [7, 11) is 1.56. The summed E-state index contributed by atoms with van der Waals surface area (Å²) >= 11 is 6.12. The molecule has 0 aliphatic carbocycles. The number of benzene rings is 3. The summed E-state index contributed by atoms with van der Waals surface area (Å²) in [4.78, 5) is 24.6. The number of rotatable bonds is 7. The molecule has 0 saturated heterocycles. The van der Waals surface area contributed by atoms with E-state index in [2.05, 4.69) is 10.6 Å². The van der Waals surface area contributed by atoms with Crippen LogP contribution in [0.25, 0.3) is 0 Å². The van der Waals surface area contributed by atoms with Crippen molar-refractivity contribution in [2.24, 2.45) is 0 Å². The average molecular weight is 409 g/mol. The van der Waals surface area contributed by atoms with Crippen LogP contribution in [0.3, 0.4) is 0 Å². The van der Waals surface area contributed by atoms with Gasteiger partial charge in [-0.15, -0.1) is 0 Å². The van der Waals surface area contributed by atoms with Crippen LogP contribution < -0.4 is 15.4 Å².